The second kappa shape index (κ2) is 3.89. The molecule has 72 valence electrons. The fraction of sp³-hybridized carbons (Fsp3) is 0.667. The van der Waals surface area contributed by atoms with E-state index in [9.17, 15) is 0 Å². The van der Waals surface area contributed by atoms with E-state index in [4.69, 9.17) is 5.73 Å². The second-order valence-corrected chi connectivity index (χ2v) is 3.65. The van der Waals surface area contributed by atoms with Crippen LogP contribution in [0.3, 0.4) is 0 Å². The summed E-state index contributed by atoms with van der Waals surface area (Å²) in [6, 6.07) is 0.391. The smallest absolute Gasteiger partial charge is 0.0946 e. The Hall–Kier alpha value is -0.870. The predicted octanol–water partition coefficient (Wildman–Crippen LogP) is -0.0839. The highest BCUT2D eigenvalue weighted by Crippen LogP contribution is 2.06. The number of hydrogen-bond acceptors (Lipinski definition) is 3. The molecule has 13 heavy (non-hydrogen) atoms. The Morgan fingerprint density at radius 3 is 3.00 bits per heavy atom. The van der Waals surface area contributed by atoms with Gasteiger partial charge in [0.15, 0.2) is 0 Å². The standard InChI is InChI=1S/C9H16N4/c10-9-1-3-12(7-9)5-6-13-4-2-11-8-13/h2,4,8-9H,1,3,5-7,10H2/t9-/m1/s1. The van der Waals surface area contributed by atoms with E-state index >= 15 is 0 Å². The van der Waals surface area contributed by atoms with Gasteiger partial charge in [-0.25, -0.2) is 4.98 Å². The average molecular weight is 180 g/mol. The minimum Gasteiger partial charge on any atom is -0.336 e. The molecule has 0 aliphatic carbocycles. The maximum absolute atomic E-state index is 5.81. The molecule has 4 nitrogen and oxygen atoms in total. The minimum absolute atomic E-state index is 0.391. The maximum atomic E-state index is 5.81. The second-order valence-electron chi connectivity index (χ2n) is 3.65. The van der Waals surface area contributed by atoms with Crippen molar-refractivity contribution in [1.29, 1.82) is 0 Å². The summed E-state index contributed by atoms with van der Waals surface area (Å²) in [6.45, 7) is 4.31. The molecular weight excluding hydrogens is 164 g/mol. The third-order valence-electron chi connectivity index (χ3n) is 2.54. The van der Waals surface area contributed by atoms with Crippen molar-refractivity contribution in [3.63, 3.8) is 0 Å². The molecule has 0 bridgehead atoms. The molecule has 0 radical (unpaired) electrons. The van der Waals surface area contributed by atoms with Crippen molar-refractivity contribution < 1.29 is 0 Å². The fourth-order valence-electron chi connectivity index (χ4n) is 1.74. The molecule has 0 aromatic carbocycles. The molecule has 1 aromatic rings. The number of aromatic nitrogens is 2. The zero-order valence-corrected chi connectivity index (χ0v) is 7.76. The Balaban J connectivity index is 1.74. The van der Waals surface area contributed by atoms with Crippen LogP contribution in [0.15, 0.2) is 18.7 Å². The molecule has 0 saturated carbocycles. The van der Waals surface area contributed by atoms with Gasteiger partial charge in [-0.15, -0.1) is 0 Å². The van der Waals surface area contributed by atoms with Crippen molar-refractivity contribution in [2.45, 2.75) is 19.0 Å². The van der Waals surface area contributed by atoms with Crippen molar-refractivity contribution >= 4 is 0 Å². The van der Waals surface area contributed by atoms with Gasteiger partial charge in [-0.3, -0.25) is 4.90 Å². The van der Waals surface area contributed by atoms with Crippen LogP contribution in [-0.2, 0) is 6.54 Å². The van der Waals surface area contributed by atoms with E-state index in [1.54, 1.807) is 0 Å². The molecule has 2 N–H and O–H groups in total. The van der Waals surface area contributed by atoms with E-state index in [1.165, 1.54) is 0 Å². The number of imidazole rings is 1. The van der Waals surface area contributed by atoms with Crippen LogP contribution in [0.5, 0.6) is 0 Å². The van der Waals surface area contributed by atoms with E-state index in [-0.39, 0.29) is 0 Å². The fourth-order valence-corrected chi connectivity index (χ4v) is 1.74. The Bertz CT molecular complexity index is 244. The Morgan fingerprint density at radius 2 is 2.38 bits per heavy atom. The van der Waals surface area contributed by atoms with Gasteiger partial charge in [0.2, 0.25) is 0 Å². The van der Waals surface area contributed by atoms with Crippen molar-refractivity contribution in [3.8, 4) is 0 Å². The molecule has 1 saturated heterocycles. The van der Waals surface area contributed by atoms with Gasteiger partial charge in [0.25, 0.3) is 0 Å². The minimum atomic E-state index is 0.391. The van der Waals surface area contributed by atoms with Crippen LogP contribution in [0, 0.1) is 0 Å². The lowest BCUT2D eigenvalue weighted by Crippen LogP contribution is -2.29. The van der Waals surface area contributed by atoms with Crippen LogP contribution in [-0.4, -0.2) is 40.1 Å². The van der Waals surface area contributed by atoms with E-state index in [0.29, 0.717) is 6.04 Å². The summed E-state index contributed by atoms with van der Waals surface area (Å²) in [7, 11) is 0. The molecule has 4 heteroatoms. The molecule has 2 rings (SSSR count). The molecule has 1 aliphatic heterocycles. The first-order valence-electron chi connectivity index (χ1n) is 4.78. The van der Waals surface area contributed by atoms with Crippen molar-refractivity contribution in [2.24, 2.45) is 5.73 Å². The number of likely N-dealkylation sites (tertiary alicyclic amines) is 1. The summed E-state index contributed by atoms with van der Waals surface area (Å²) in [5, 5.41) is 0. The molecule has 0 unspecified atom stereocenters. The number of rotatable bonds is 3. The van der Waals surface area contributed by atoms with Crippen molar-refractivity contribution in [2.75, 3.05) is 19.6 Å². The van der Waals surface area contributed by atoms with Gasteiger partial charge in [-0.05, 0) is 13.0 Å². The van der Waals surface area contributed by atoms with Crippen LogP contribution in [0.1, 0.15) is 6.42 Å². The van der Waals surface area contributed by atoms with E-state index in [2.05, 4.69) is 14.5 Å². The molecule has 1 atom stereocenters. The molecular formula is C9H16N4. The van der Waals surface area contributed by atoms with Gasteiger partial charge in [0.05, 0.1) is 6.33 Å². The molecule has 0 amide bonds. The van der Waals surface area contributed by atoms with Crippen LogP contribution in [0.4, 0.5) is 0 Å². The Kier molecular flexibility index (Phi) is 2.61. The number of nitrogens with zero attached hydrogens (tertiary/aromatic N) is 3. The highest BCUT2D eigenvalue weighted by molar-refractivity contribution is 4.79. The van der Waals surface area contributed by atoms with Crippen LogP contribution < -0.4 is 5.73 Å². The van der Waals surface area contributed by atoms with Crippen LogP contribution >= 0.6 is 0 Å². The summed E-state index contributed by atoms with van der Waals surface area (Å²) < 4.78 is 2.10. The highest BCUT2D eigenvalue weighted by atomic mass is 15.2. The van der Waals surface area contributed by atoms with E-state index in [0.717, 1.165) is 32.6 Å². The number of hydrogen-bond donors (Lipinski definition) is 1. The predicted molar refractivity (Wildman–Crippen MR) is 51.3 cm³/mol. The Morgan fingerprint density at radius 1 is 1.46 bits per heavy atom. The van der Waals surface area contributed by atoms with Gasteiger partial charge in [-0.2, -0.15) is 0 Å². The van der Waals surface area contributed by atoms with Gasteiger partial charge in [-0.1, -0.05) is 0 Å². The lowest BCUT2D eigenvalue weighted by atomic mass is 10.3. The Labute approximate surface area is 78.4 Å². The monoisotopic (exact) mass is 180 g/mol. The van der Waals surface area contributed by atoms with Gasteiger partial charge < -0.3 is 10.3 Å². The third kappa shape index (κ3) is 2.29. The van der Waals surface area contributed by atoms with E-state index in [1.807, 2.05) is 18.7 Å². The van der Waals surface area contributed by atoms with Gasteiger partial charge >= 0.3 is 0 Å². The van der Waals surface area contributed by atoms with E-state index < -0.39 is 0 Å². The highest BCUT2D eigenvalue weighted by Gasteiger charge is 2.17. The molecule has 1 aromatic heterocycles. The summed E-state index contributed by atoms with van der Waals surface area (Å²) in [5.74, 6) is 0. The molecule has 1 fully saturated rings. The summed E-state index contributed by atoms with van der Waals surface area (Å²) in [5.41, 5.74) is 5.81. The molecule has 2 heterocycles. The average Bonchev–Trinajstić information content (AvgIpc) is 2.71. The third-order valence-corrected chi connectivity index (χ3v) is 2.54. The first-order chi connectivity index (χ1) is 6.34. The topological polar surface area (TPSA) is 47.1 Å². The first-order valence-corrected chi connectivity index (χ1v) is 4.78. The van der Waals surface area contributed by atoms with Crippen LogP contribution in [0.25, 0.3) is 0 Å². The van der Waals surface area contributed by atoms with Crippen LogP contribution in [0.2, 0.25) is 0 Å². The summed E-state index contributed by atoms with van der Waals surface area (Å²) in [6.07, 6.45) is 6.81. The van der Waals surface area contributed by atoms with Crippen molar-refractivity contribution in [3.05, 3.63) is 18.7 Å². The lowest BCUT2D eigenvalue weighted by Gasteiger charge is -2.14. The first kappa shape index (κ1) is 8.72. The maximum Gasteiger partial charge on any atom is 0.0946 e. The van der Waals surface area contributed by atoms with Gasteiger partial charge in [0, 0.05) is 38.1 Å². The summed E-state index contributed by atoms with van der Waals surface area (Å²) in [4.78, 5) is 6.41. The molecule has 1 aliphatic rings. The quantitative estimate of drug-likeness (QED) is 0.707. The summed E-state index contributed by atoms with van der Waals surface area (Å²) >= 11 is 0. The normalized spacial score (nSPS) is 23.9. The van der Waals surface area contributed by atoms with Crippen molar-refractivity contribution in [1.82, 2.24) is 14.5 Å². The largest absolute Gasteiger partial charge is 0.336 e. The molecule has 0 spiro atoms. The van der Waals surface area contributed by atoms with Gasteiger partial charge in [0.1, 0.15) is 0 Å². The number of nitrogens with two attached hydrogens (primary N) is 1. The zero-order chi connectivity index (χ0) is 9.10. The lowest BCUT2D eigenvalue weighted by molar-refractivity contribution is 0.318. The zero-order valence-electron chi connectivity index (χ0n) is 7.76. The SMILES string of the molecule is N[C@@H]1CCN(CCn2ccnc2)C1.